The van der Waals surface area contributed by atoms with Gasteiger partial charge in [0.05, 0.1) is 6.04 Å². The molecule has 2 atom stereocenters. The summed E-state index contributed by atoms with van der Waals surface area (Å²) < 4.78 is 0. The first kappa shape index (κ1) is 18.4. The molecule has 0 aromatic heterocycles. The van der Waals surface area contributed by atoms with Crippen LogP contribution in [0.5, 0.6) is 0 Å². The molecule has 0 bridgehead atoms. The molecule has 0 spiro atoms. The Bertz CT molecular complexity index is 288. The lowest BCUT2D eigenvalue weighted by molar-refractivity contribution is -0.123. The van der Waals surface area contributed by atoms with E-state index in [1.54, 1.807) is 0 Å². The van der Waals surface area contributed by atoms with Gasteiger partial charge in [-0.15, -0.1) is 0 Å². The van der Waals surface area contributed by atoms with Crippen molar-refractivity contribution in [1.82, 2.24) is 15.5 Å². The van der Waals surface area contributed by atoms with E-state index in [2.05, 4.69) is 43.5 Å². The fourth-order valence-corrected chi connectivity index (χ4v) is 3.21. The molecule has 124 valence electrons. The lowest BCUT2D eigenvalue weighted by atomic mass is 9.95. The number of nitrogens with one attached hydrogen (secondary N) is 2. The Balaban J connectivity index is 2.42. The number of hydrogen-bond acceptors (Lipinski definition) is 3. The van der Waals surface area contributed by atoms with Gasteiger partial charge in [0.15, 0.2) is 0 Å². The normalized spacial score (nSPS) is 19.8. The number of carbonyl (C=O) groups excluding carboxylic acids is 1. The Morgan fingerprint density at radius 3 is 2.29 bits per heavy atom. The lowest BCUT2D eigenvalue weighted by Gasteiger charge is -2.29. The molecule has 1 aliphatic carbocycles. The minimum atomic E-state index is -0.115. The van der Waals surface area contributed by atoms with Gasteiger partial charge in [0.1, 0.15) is 0 Å². The predicted octanol–water partition coefficient (Wildman–Crippen LogP) is 2.39. The number of amides is 1. The van der Waals surface area contributed by atoms with Gasteiger partial charge in [-0.25, -0.2) is 0 Å². The van der Waals surface area contributed by atoms with Gasteiger partial charge in [-0.1, -0.05) is 33.1 Å². The summed E-state index contributed by atoms with van der Waals surface area (Å²) in [6.07, 6.45) is 7.21. The predicted molar refractivity (Wildman–Crippen MR) is 89.4 cm³/mol. The molecule has 4 nitrogen and oxygen atoms in total. The highest BCUT2D eigenvalue weighted by Gasteiger charge is 2.22. The average molecular weight is 297 g/mol. The van der Waals surface area contributed by atoms with Crippen LogP contribution in [0.4, 0.5) is 0 Å². The summed E-state index contributed by atoms with van der Waals surface area (Å²) in [6.45, 7) is 7.43. The van der Waals surface area contributed by atoms with Crippen LogP contribution in [-0.4, -0.2) is 49.6 Å². The Labute approximate surface area is 131 Å². The van der Waals surface area contributed by atoms with E-state index >= 15 is 0 Å². The summed E-state index contributed by atoms with van der Waals surface area (Å²) in [5.41, 5.74) is 0. The van der Waals surface area contributed by atoms with Crippen molar-refractivity contribution in [2.24, 2.45) is 5.92 Å². The zero-order valence-electron chi connectivity index (χ0n) is 14.6. The highest BCUT2D eigenvalue weighted by atomic mass is 16.2. The third-order valence-corrected chi connectivity index (χ3v) is 4.17. The van der Waals surface area contributed by atoms with Gasteiger partial charge >= 0.3 is 0 Å². The van der Waals surface area contributed by atoms with E-state index in [-0.39, 0.29) is 11.9 Å². The largest absolute Gasteiger partial charge is 0.352 e. The summed E-state index contributed by atoms with van der Waals surface area (Å²) >= 11 is 0. The lowest BCUT2D eigenvalue weighted by Crippen LogP contribution is -2.52. The molecule has 0 aromatic carbocycles. The Morgan fingerprint density at radius 2 is 1.76 bits per heavy atom. The summed E-state index contributed by atoms with van der Waals surface area (Å²) in [4.78, 5) is 14.5. The first-order valence-electron chi connectivity index (χ1n) is 8.59. The Kier molecular flexibility index (Phi) is 8.27. The molecule has 1 saturated carbocycles. The van der Waals surface area contributed by atoms with Crippen molar-refractivity contribution in [1.29, 1.82) is 0 Å². The quantitative estimate of drug-likeness (QED) is 0.723. The van der Waals surface area contributed by atoms with Gasteiger partial charge in [0.25, 0.3) is 0 Å². The molecule has 2 N–H and O–H groups in total. The minimum Gasteiger partial charge on any atom is -0.352 e. The molecule has 21 heavy (non-hydrogen) atoms. The van der Waals surface area contributed by atoms with Gasteiger partial charge in [-0.05, 0) is 46.2 Å². The minimum absolute atomic E-state index is 0.115. The van der Waals surface area contributed by atoms with Gasteiger partial charge < -0.3 is 15.5 Å². The first-order valence-corrected chi connectivity index (χ1v) is 8.59. The summed E-state index contributed by atoms with van der Waals surface area (Å²) in [7, 11) is 4.17. The molecule has 0 aromatic rings. The number of nitrogens with zero attached hydrogens (tertiary/aromatic N) is 1. The third-order valence-electron chi connectivity index (χ3n) is 4.17. The Morgan fingerprint density at radius 1 is 1.14 bits per heavy atom. The molecule has 1 rings (SSSR count). The van der Waals surface area contributed by atoms with E-state index < -0.39 is 0 Å². The van der Waals surface area contributed by atoms with E-state index in [0.29, 0.717) is 18.0 Å². The molecule has 2 unspecified atom stereocenters. The van der Waals surface area contributed by atoms with Crippen LogP contribution in [0, 0.1) is 5.92 Å². The van der Waals surface area contributed by atoms with Crippen molar-refractivity contribution in [3.63, 3.8) is 0 Å². The maximum Gasteiger partial charge on any atom is 0.237 e. The van der Waals surface area contributed by atoms with Crippen molar-refractivity contribution in [3.8, 4) is 0 Å². The maximum absolute atomic E-state index is 12.3. The van der Waals surface area contributed by atoms with Crippen LogP contribution in [-0.2, 0) is 4.79 Å². The van der Waals surface area contributed by atoms with Crippen molar-refractivity contribution in [3.05, 3.63) is 0 Å². The number of rotatable bonds is 8. The van der Waals surface area contributed by atoms with Gasteiger partial charge in [0.2, 0.25) is 5.91 Å². The molecule has 1 fully saturated rings. The topological polar surface area (TPSA) is 44.4 Å². The molecule has 1 aliphatic rings. The van der Waals surface area contributed by atoms with Crippen molar-refractivity contribution in [2.75, 3.05) is 20.6 Å². The zero-order valence-corrected chi connectivity index (χ0v) is 14.6. The maximum atomic E-state index is 12.3. The van der Waals surface area contributed by atoms with Crippen LogP contribution in [0.15, 0.2) is 0 Å². The van der Waals surface area contributed by atoms with Crippen LogP contribution in [0.25, 0.3) is 0 Å². The standard InChI is InChI=1S/C17H35N3O/c1-13(2)11-16(12-20(4)5)18-14(3)17(21)19-15-9-7-6-8-10-15/h13-16,18H,6-12H2,1-5H3,(H,19,21). The summed E-state index contributed by atoms with van der Waals surface area (Å²) in [5.74, 6) is 0.797. The molecule has 0 saturated heterocycles. The van der Waals surface area contributed by atoms with Crippen LogP contribution in [0.1, 0.15) is 59.3 Å². The van der Waals surface area contributed by atoms with Crippen LogP contribution in [0.2, 0.25) is 0 Å². The van der Waals surface area contributed by atoms with Crippen molar-refractivity contribution < 1.29 is 4.79 Å². The molecular formula is C17H35N3O. The van der Waals surface area contributed by atoms with Crippen molar-refractivity contribution in [2.45, 2.75) is 77.4 Å². The summed E-state index contributed by atoms with van der Waals surface area (Å²) in [5, 5.41) is 6.73. The summed E-state index contributed by atoms with van der Waals surface area (Å²) in [6, 6.07) is 0.649. The van der Waals surface area contributed by atoms with E-state index in [0.717, 1.165) is 25.8 Å². The van der Waals surface area contributed by atoms with Gasteiger partial charge in [0, 0.05) is 18.6 Å². The second-order valence-corrected chi connectivity index (χ2v) is 7.32. The molecule has 1 amide bonds. The SMILES string of the molecule is CC(C)CC(CN(C)C)NC(C)C(=O)NC1CCCCC1. The van der Waals surface area contributed by atoms with E-state index in [1.165, 1.54) is 19.3 Å². The van der Waals surface area contributed by atoms with E-state index in [9.17, 15) is 4.79 Å². The monoisotopic (exact) mass is 297 g/mol. The molecule has 0 radical (unpaired) electrons. The van der Waals surface area contributed by atoms with Crippen LogP contribution in [0.3, 0.4) is 0 Å². The molecule has 4 heteroatoms. The smallest absolute Gasteiger partial charge is 0.237 e. The highest BCUT2D eigenvalue weighted by Crippen LogP contribution is 2.17. The van der Waals surface area contributed by atoms with Crippen LogP contribution < -0.4 is 10.6 Å². The van der Waals surface area contributed by atoms with Gasteiger partial charge in [-0.3, -0.25) is 4.79 Å². The molecule has 0 aliphatic heterocycles. The number of hydrogen-bond donors (Lipinski definition) is 2. The zero-order chi connectivity index (χ0) is 15.8. The second-order valence-electron chi connectivity index (χ2n) is 7.32. The van der Waals surface area contributed by atoms with Crippen LogP contribution >= 0.6 is 0 Å². The third kappa shape index (κ3) is 7.82. The highest BCUT2D eigenvalue weighted by molar-refractivity contribution is 5.81. The van der Waals surface area contributed by atoms with Gasteiger partial charge in [-0.2, -0.15) is 0 Å². The van der Waals surface area contributed by atoms with E-state index in [1.807, 2.05) is 6.92 Å². The Hall–Kier alpha value is -0.610. The van der Waals surface area contributed by atoms with Crippen molar-refractivity contribution >= 4 is 5.91 Å². The molecular weight excluding hydrogens is 262 g/mol. The number of carbonyl (C=O) groups is 1. The second kappa shape index (κ2) is 9.42. The fraction of sp³-hybridized carbons (Fsp3) is 0.941. The first-order chi connectivity index (χ1) is 9.88. The fourth-order valence-electron chi connectivity index (χ4n) is 3.21. The number of likely N-dealkylation sites (N-methyl/N-ethyl adjacent to an activating group) is 1. The average Bonchev–Trinajstić information content (AvgIpc) is 2.38. The molecule has 0 heterocycles. The van der Waals surface area contributed by atoms with E-state index in [4.69, 9.17) is 0 Å².